The lowest BCUT2D eigenvalue weighted by atomic mass is 9.97. The van der Waals surface area contributed by atoms with Gasteiger partial charge in [-0.25, -0.2) is 10.4 Å². The molecule has 2 aromatic rings. The quantitative estimate of drug-likeness (QED) is 0.495. The number of hydrogen-bond acceptors (Lipinski definition) is 8. The van der Waals surface area contributed by atoms with Crippen LogP contribution in [-0.2, 0) is 0 Å². The Kier molecular flexibility index (Phi) is 6.30. The first-order chi connectivity index (χ1) is 15.6. The van der Waals surface area contributed by atoms with Crippen LogP contribution in [0.2, 0.25) is 0 Å². The van der Waals surface area contributed by atoms with Gasteiger partial charge in [0.15, 0.2) is 0 Å². The first kappa shape index (κ1) is 21.6. The van der Waals surface area contributed by atoms with Crippen LogP contribution >= 0.6 is 0 Å². The summed E-state index contributed by atoms with van der Waals surface area (Å²) in [7, 11) is 1.66. The van der Waals surface area contributed by atoms with E-state index < -0.39 is 0 Å². The molecule has 3 unspecified atom stereocenters. The van der Waals surface area contributed by atoms with Crippen molar-refractivity contribution in [3.8, 4) is 5.75 Å². The standard InChI is InChI=1S/C23H34FN7O/c1-14-8-22(30-29-14)27-21-12-20-19(11-18(32-2)13-25-20)23(28-21)26-15-9-16-4-5-17(10-15)31(16)7-3-6-24/h11-17,22,29-30H,3-10H2,1-2H3,(H2,26,27,28)/t14?,15?,16-,17+,22?. The molecule has 174 valence electrons. The average molecular weight is 444 g/mol. The van der Waals surface area contributed by atoms with E-state index in [4.69, 9.17) is 9.72 Å². The fourth-order valence-electron chi connectivity index (χ4n) is 5.58. The van der Waals surface area contributed by atoms with Crippen molar-refractivity contribution in [2.75, 3.05) is 31.0 Å². The number of pyridine rings is 2. The lowest BCUT2D eigenvalue weighted by Crippen LogP contribution is -2.47. The number of nitrogens with zero attached hydrogens (tertiary/aromatic N) is 3. The third-order valence-electron chi connectivity index (χ3n) is 7.08. The highest BCUT2D eigenvalue weighted by Crippen LogP contribution is 2.38. The number of anilines is 2. The lowest BCUT2D eigenvalue weighted by molar-refractivity contribution is 0.128. The Hall–Kier alpha value is -2.23. The van der Waals surface area contributed by atoms with Gasteiger partial charge in [-0.3, -0.25) is 19.7 Å². The minimum absolute atomic E-state index is 0.121. The molecule has 0 spiro atoms. The number of rotatable bonds is 8. The number of piperidine rings is 1. The maximum absolute atomic E-state index is 12.7. The van der Waals surface area contributed by atoms with Gasteiger partial charge in [0, 0.05) is 42.2 Å². The van der Waals surface area contributed by atoms with Crippen LogP contribution in [0.3, 0.4) is 0 Å². The summed E-state index contributed by atoms with van der Waals surface area (Å²) in [6.45, 7) is 2.80. The fourth-order valence-corrected chi connectivity index (χ4v) is 5.58. The molecule has 0 aliphatic carbocycles. The minimum Gasteiger partial charge on any atom is -0.495 e. The highest BCUT2D eigenvalue weighted by Gasteiger charge is 2.40. The van der Waals surface area contributed by atoms with Crippen LogP contribution in [0, 0.1) is 0 Å². The molecule has 3 saturated heterocycles. The molecule has 8 nitrogen and oxygen atoms in total. The molecule has 32 heavy (non-hydrogen) atoms. The van der Waals surface area contributed by atoms with Crippen molar-refractivity contribution in [2.24, 2.45) is 0 Å². The minimum atomic E-state index is -0.230. The third-order valence-corrected chi connectivity index (χ3v) is 7.08. The van der Waals surface area contributed by atoms with E-state index in [0.29, 0.717) is 30.6 Å². The van der Waals surface area contributed by atoms with Crippen molar-refractivity contribution in [3.05, 3.63) is 18.3 Å². The molecule has 0 saturated carbocycles. The predicted molar refractivity (Wildman–Crippen MR) is 125 cm³/mol. The highest BCUT2D eigenvalue weighted by molar-refractivity contribution is 5.92. The summed E-state index contributed by atoms with van der Waals surface area (Å²) < 4.78 is 18.1. The van der Waals surface area contributed by atoms with Gasteiger partial charge in [0.2, 0.25) is 0 Å². The average Bonchev–Trinajstić information content (AvgIpc) is 3.30. The molecule has 5 atom stereocenters. The zero-order valence-corrected chi connectivity index (χ0v) is 18.9. The maximum atomic E-state index is 12.7. The summed E-state index contributed by atoms with van der Waals surface area (Å²) in [4.78, 5) is 12.1. The molecule has 2 aromatic heterocycles. The van der Waals surface area contributed by atoms with Crippen molar-refractivity contribution >= 4 is 22.5 Å². The zero-order chi connectivity index (χ0) is 22.1. The van der Waals surface area contributed by atoms with E-state index in [1.165, 1.54) is 12.8 Å². The van der Waals surface area contributed by atoms with Crippen LogP contribution in [0.4, 0.5) is 16.0 Å². The van der Waals surface area contributed by atoms with Gasteiger partial charge < -0.3 is 15.4 Å². The number of ether oxygens (including phenoxy) is 1. The van der Waals surface area contributed by atoms with Crippen LogP contribution in [0.1, 0.15) is 45.4 Å². The molecule has 2 bridgehead atoms. The Morgan fingerprint density at radius 2 is 1.97 bits per heavy atom. The molecule has 0 aromatic carbocycles. The topological polar surface area (TPSA) is 86.4 Å². The van der Waals surface area contributed by atoms with Crippen molar-refractivity contribution in [1.82, 2.24) is 25.7 Å². The monoisotopic (exact) mass is 443 g/mol. The van der Waals surface area contributed by atoms with Gasteiger partial charge >= 0.3 is 0 Å². The Bertz CT molecular complexity index is 930. The largest absolute Gasteiger partial charge is 0.495 e. The summed E-state index contributed by atoms with van der Waals surface area (Å²) in [5.41, 5.74) is 7.39. The summed E-state index contributed by atoms with van der Waals surface area (Å²) >= 11 is 0. The number of nitrogens with one attached hydrogen (secondary N) is 4. The maximum Gasteiger partial charge on any atom is 0.138 e. The Morgan fingerprint density at radius 3 is 2.66 bits per heavy atom. The smallest absolute Gasteiger partial charge is 0.138 e. The number of halogens is 1. The van der Waals surface area contributed by atoms with Crippen molar-refractivity contribution in [2.45, 2.75) is 75.8 Å². The normalized spacial score (nSPS) is 30.0. The number of methoxy groups -OCH3 is 1. The first-order valence-corrected chi connectivity index (χ1v) is 11.8. The van der Waals surface area contributed by atoms with E-state index in [2.05, 4.69) is 38.3 Å². The molecular weight excluding hydrogens is 409 g/mol. The first-order valence-electron chi connectivity index (χ1n) is 11.8. The number of fused-ring (bicyclic) bond motifs is 3. The number of alkyl halides is 1. The van der Waals surface area contributed by atoms with Crippen molar-refractivity contribution in [3.63, 3.8) is 0 Å². The molecule has 4 N–H and O–H groups in total. The van der Waals surface area contributed by atoms with Crippen LogP contribution in [-0.4, -0.2) is 65.5 Å². The molecule has 0 radical (unpaired) electrons. The van der Waals surface area contributed by atoms with Crippen LogP contribution in [0.25, 0.3) is 10.9 Å². The van der Waals surface area contributed by atoms with Gasteiger partial charge in [0.05, 0.1) is 31.7 Å². The van der Waals surface area contributed by atoms with E-state index in [0.717, 1.165) is 54.1 Å². The predicted octanol–water partition coefficient (Wildman–Crippen LogP) is 3.03. The zero-order valence-electron chi connectivity index (χ0n) is 18.9. The molecular formula is C23H34FN7O. The van der Waals surface area contributed by atoms with E-state index in [1.54, 1.807) is 13.3 Å². The summed E-state index contributed by atoms with van der Waals surface area (Å²) in [6, 6.07) is 5.82. The van der Waals surface area contributed by atoms with Gasteiger partial charge in [0.25, 0.3) is 0 Å². The Morgan fingerprint density at radius 1 is 1.16 bits per heavy atom. The second-order valence-electron chi connectivity index (χ2n) is 9.40. The number of hydrogen-bond donors (Lipinski definition) is 4. The van der Waals surface area contributed by atoms with Gasteiger partial charge in [-0.05, 0) is 51.5 Å². The Balaban J connectivity index is 1.38. The molecule has 9 heteroatoms. The molecule has 3 fully saturated rings. The lowest BCUT2D eigenvalue weighted by Gasteiger charge is -2.39. The second kappa shape index (κ2) is 9.33. The van der Waals surface area contributed by atoms with Gasteiger partial charge in [-0.15, -0.1) is 0 Å². The highest BCUT2D eigenvalue weighted by atomic mass is 19.1. The van der Waals surface area contributed by atoms with Crippen LogP contribution < -0.4 is 26.2 Å². The number of aromatic nitrogens is 2. The van der Waals surface area contributed by atoms with Crippen LogP contribution in [0.5, 0.6) is 5.75 Å². The molecule has 0 amide bonds. The van der Waals surface area contributed by atoms with Crippen LogP contribution in [0.15, 0.2) is 18.3 Å². The Labute approximate surface area is 188 Å². The van der Waals surface area contributed by atoms with Crippen molar-refractivity contribution in [1.29, 1.82) is 0 Å². The van der Waals surface area contributed by atoms with Gasteiger partial charge in [0.1, 0.15) is 17.4 Å². The molecule has 3 aliphatic rings. The number of hydrazine groups is 1. The summed E-state index contributed by atoms with van der Waals surface area (Å²) in [5.74, 6) is 2.37. The molecule has 5 rings (SSSR count). The summed E-state index contributed by atoms with van der Waals surface area (Å²) in [5, 5.41) is 8.20. The van der Waals surface area contributed by atoms with Crippen molar-refractivity contribution < 1.29 is 9.13 Å². The van der Waals surface area contributed by atoms with E-state index in [-0.39, 0.29) is 12.8 Å². The second-order valence-corrected chi connectivity index (χ2v) is 9.40. The van der Waals surface area contributed by atoms with E-state index in [1.807, 2.05) is 12.1 Å². The van der Waals surface area contributed by atoms with E-state index >= 15 is 0 Å². The van der Waals surface area contributed by atoms with Gasteiger partial charge in [-0.2, -0.15) is 0 Å². The van der Waals surface area contributed by atoms with E-state index in [9.17, 15) is 4.39 Å². The van der Waals surface area contributed by atoms with Gasteiger partial charge in [-0.1, -0.05) is 0 Å². The fraction of sp³-hybridized carbons (Fsp3) is 0.652. The third kappa shape index (κ3) is 4.46. The summed E-state index contributed by atoms with van der Waals surface area (Å²) in [6.07, 6.45) is 8.02. The molecule has 5 heterocycles. The SMILES string of the molecule is COc1cnc2cc(NC3CC(C)NN3)nc(NC3C[C@H]4CC[C@@H](C3)N4CCCF)c2c1. The molecule has 3 aliphatic heterocycles.